The molecule has 0 atom stereocenters. The molecule has 2 N–H and O–H groups in total. The van der Waals surface area contributed by atoms with Gasteiger partial charge in [0.2, 0.25) is 0 Å². The summed E-state index contributed by atoms with van der Waals surface area (Å²) in [6, 6.07) is 5.02. The lowest BCUT2D eigenvalue weighted by Gasteiger charge is -2.02. The fourth-order valence-electron chi connectivity index (χ4n) is 1.95. The second-order valence-corrected chi connectivity index (χ2v) is 5.09. The second kappa shape index (κ2) is 4.24. The van der Waals surface area contributed by atoms with Crippen LogP contribution in [0, 0.1) is 6.92 Å². The van der Waals surface area contributed by atoms with Gasteiger partial charge in [0, 0.05) is 10.0 Å². The van der Waals surface area contributed by atoms with Crippen LogP contribution in [-0.2, 0) is 0 Å². The molecule has 0 amide bonds. The summed E-state index contributed by atoms with van der Waals surface area (Å²) in [6.07, 6.45) is 1.42. The van der Waals surface area contributed by atoms with E-state index < -0.39 is 0 Å². The lowest BCUT2D eigenvalue weighted by atomic mass is 10.1. The van der Waals surface area contributed by atoms with Gasteiger partial charge in [0.15, 0.2) is 5.78 Å². The molecular weight excluding hydrogens is 312 g/mol. The van der Waals surface area contributed by atoms with E-state index in [4.69, 9.17) is 4.42 Å². The topological polar surface area (TPSA) is 78.9 Å². The summed E-state index contributed by atoms with van der Waals surface area (Å²) in [5, 5.41) is 0. The number of hydrogen-bond acceptors (Lipinski definition) is 3. The minimum Gasteiger partial charge on any atom is -0.469 e. The number of benzene rings is 1. The smallest absolute Gasteiger partial charge is 0.323 e. The minimum absolute atomic E-state index is 0.160. The average Bonchev–Trinajstić information content (AvgIpc) is 2.92. The molecule has 0 aliphatic heterocycles. The van der Waals surface area contributed by atoms with Crippen molar-refractivity contribution < 1.29 is 9.21 Å². The van der Waals surface area contributed by atoms with Crippen LogP contribution >= 0.6 is 15.9 Å². The Hall–Kier alpha value is -2.08. The molecule has 5 nitrogen and oxygen atoms in total. The summed E-state index contributed by atoms with van der Waals surface area (Å²) >= 11 is 3.34. The molecule has 0 radical (unpaired) electrons. The summed E-state index contributed by atoms with van der Waals surface area (Å²) < 4.78 is 5.76. The Morgan fingerprint density at radius 2 is 1.89 bits per heavy atom. The zero-order chi connectivity index (χ0) is 13.6. The Morgan fingerprint density at radius 3 is 2.53 bits per heavy atom. The number of aromatic amines is 2. The number of nitrogens with one attached hydrogen (secondary N) is 2. The maximum Gasteiger partial charge on any atom is 0.323 e. The van der Waals surface area contributed by atoms with Gasteiger partial charge in [-0.1, -0.05) is 0 Å². The molecule has 0 saturated heterocycles. The highest BCUT2D eigenvalue weighted by molar-refractivity contribution is 9.10. The van der Waals surface area contributed by atoms with Crippen molar-refractivity contribution in [2.45, 2.75) is 6.92 Å². The van der Waals surface area contributed by atoms with Crippen LogP contribution in [0.2, 0.25) is 0 Å². The Morgan fingerprint density at radius 1 is 1.21 bits per heavy atom. The molecule has 6 heteroatoms. The first-order chi connectivity index (χ1) is 9.04. The first-order valence-corrected chi connectivity index (χ1v) is 6.35. The van der Waals surface area contributed by atoms with E-state index in [0.29, 0.717) is 32.4 Å². The van der Waals surface area contributed by atoms with Crippen molar-refractivity contribution in [3.05, 3.63) is 56.3 Å². The van der Waals surface area contributed by atoms with E-state index in [0.717, 1.165) is 0 Å². The molecule has 3 aromatic rings. The number of halogens is 1. The lowest BCUT2D eigenvalue weighted by Crippen LogP contribution is -2.01. The predicted octanol–water partition coefficient (Wildman–Crippen LogP) is 2.75. The molecule has 0 bridgehead atoms. The zero-order valence-electron chi connectivity index (χ0n) is 9.91. The van der Waals surface area contributed by atoms with E-state index in [2.05, 4.69) is 25.9 Å². The summed E-state index contributed by atoms with van der Waals surface area (Å²) in [7, 11) is 0. The van der Waals surface area contributed by atoms with Crippen molar-refractivity contribution in [1.82, 2.24) is 9.97 Å². The highest BCUT2D eigenvalue weighted by Gasteiger charge is 2.16. The number of hydrogen-bond donors (Lipinski definition) is 2. The number of carbonyl (C=O) groups excluding carboxylic acids is 1. The van der Waals surface area contributed by atoms with Crippen LogP contribution in [0.25, 0.3) is 11.0 Å². The number of carbonyl (C=O) groups is 1. The molecule has 2 aromatic heterocycles. The molecule has 0 saturated carbocycles. The highest BCUT2D eigenvalue weighted by atomic mass is 79.9. The van der Waals surface area contributed by atoms with Crippen molar-refractivity contribution in [2.75, 3.05) is 0 Å². The third kappa shape index (κ3) is 2.04. The van der Waals surface area contributed by atoms with Crippen LogP contribution in [0.1, 0.15) is 21.7 Å². The van der Waals surface area contributed by atoms with Gasteiger partial charge in [-0.25, -0.2) is 4.79 Å². The van der Waals surface area contributed by atoms with Gasteiger partial charge in [-0.3, -0.25) is 4.79 Å². The third-order valence-electron chi connectivity index (χ3n) is 2.84. The standard InChI is InChI=1S/C13H9BrN2O3/c1-6-2-7(5-19-6)12(17)8-3-10-11(4-9(8)14)16-13(18)15-10/h2-5H,1H3,(H2,15,16,18). The number of ketones is 1. The van der Waals surface area contributed by atoms with Gasteiger partial charge in [-0.2, -0.15) is 0 Å². The van der Waals surface area contributed by atoms with Crippen molar-refractivity contribution in [1.29, 1.82) is 0 Å². The van der Waals surface area contributed by atoms with Crippen LogP contribution in [0.5, 0.6) is 0 Å². The van der Waals surface area contributed by atoms with Gasteiger partial charge in [0.05, 0.1) is 16.6 Å². The molecule has 2 heterocycles. The fraction of sp³-hybridized carbons (Fsp3) is 0.0769. The molecule has 1 aromatic carbocycles. The highest BCUT2D eigenvalue weighted by Crippen LogP contribution is 2.24. The molecule has 96 valence electrons. The summed E-state index contributed by atoms with van der Waals surface area (Å²) in [5.41, 5.74) is 1.90. The van der Waals surface area contributed by atoms with Gasteiger partial charge in [-0.15, -0.1) is 0 Å². The summed E-state index contributed by atoms with van der Waals surface area (Å²) in [6.45, 7) is 1.78. The van der Waals surface area contributed by atoms with Crippen LogP contribution < -0.4 is 5.69 Å². The Kier molecular flexibility index (Phi) is 2.67. The van der Waals surface area contributed by atoms with E-state index in [1.807, 2.05) is 0 Å². The summed E-state index contributed by atoms with van der Waals surface area (Å²) in [4.78, 5) is 28.8. The van der Waals surface area contributed by atoms with Crippen LogP contribution in [-0.4, -0.2) is 15.8 Å². The number of imidazole rings is 1. The maximum atomic E-state index is 12.3. The van der Waals surface area contributed by atoms with Crippen molar-refractivity contribution in [2.24, 2.45) is 0 Å². The van der Waals surface area contributed by atoms with E-state index in [9.17, 15) is 9.59 Å². The van der Waals surface area contributed by atoms with E-state index in [-0.39, 0.29) is 11.5 Å². The number of H-pyrrole nitrogens is 2. The van der Waals surface area contributed by atoms with Gasteiger partial charge in [0.1, 0.15) is 12.0 Å². The van der Waals surface area contributed by atoms with Crippen molar-refractivity contribution in [3.8, 4) is 0 Å². The van der Waals surface area contributed by atoms with Crippen molar-refractivity contribution >= 4 is 32.7 Å². The maximum absolute atomic E-state index is 12.3. The average molecular weight is 321 g/mol. The molecule has 0 aliphatic carbocycles. The third-order valence-corrected chi connectivity index (χ3v) is 3.50. The monoisotopic (exact) mass is 320 g/mol. The van der Waals surface area contributed by atoms with Crippen LogP contribution in [0.15, 0.2) is 38.1 Å². The largest absolute Gasteiger partial charge is 0.469 e. The normalized spacial score (nSPS) is 11.1. The number of rotatable bonds is 2. The van der Waals surface area contributed by atoms with E-state index in [1.165, 1.54) is 6.26 Å². The first-order valence-electron chi connectivity index (χ1n) is 5.56. The molecule has 3 rings (SSSR count). The SMILES string of the molecule is Cc1cc(C(=O)c2cc3[nH]c(=O)[nH]c3cc2Br)co1. The number of fused-ring (bicyclic) bond motifs is 1. The number of furan rings is 1. The Labute approximate surface area is 115 Å². The number of aromatic nitrogens is 2. The minimum atomic E-state index is -0.300. The lowest BCUT2D eigenvalue weighted by molar-refractivity contribution is 0.103. The second-order valence-electron chi connectivity index (χ2n) is 4.23. The van der Waals surface area contributed by atoms with Crippen LogP contribution in [0.3, 0.4) is 0 Å². The molecule has 0 spiro atoms. The van der Waals surface area contributed by atoms with Gasteiger partial charge in [-0.05, 0) is 41.1 Å². The number of aryl methyl sites for hydroxylation is 1. The molecular formula is C13H9BrN2O3. The summed E-state index contributed by atoms with van der Waals surface area (Å²) in [5.74, 6) is 0.517. The van der Waals surface area contributed by atoms with Crippen molar-refractivity contribution in [3.63, 3.8) is 0 Å². The van der Waals surface area contributed by atoms with Gasteiger partial charge >= 0.3 is 5.69 Å². The van der Waals surface area contributed by atoms with Gasteiger partial charge in [0.25, 0.3) is 0 Å². The fourth-order valence-corrected chi connectivity index (χ4v) is 2.47. The first kappa shape index (κ1) is 12.0. The molecule has 19 heavy (non-hydrogen) atoms. The Balaban J connectivity index is 2.16. The van der Waals surface area contributed by atoms with E-state index in [1.54, 1.807) is 25.1 Å². The molecule has 0 unspecified atom stereocenters. The predicted molar refractivity (Wildman–Crippen MR) is 73.5 cm³/mol. The molecule has 0 aliphatic rings. The van der Waals surface area contributed by atoms with E-state index >= 15 is 0 Å². The zero-order valence-corrected chi connectivity index (χ0v) is 11.5. The van der Waals surface area contributed by atoms with Gasteiger partial charge < -0.3 is 14.4 Å². The Bertz CT molecular complexity index is 841. The van der Waals surface area contributed by atoms with Crippen LogP contribution in [0.4, 0.5) is 0 Å². The quantitative estimate of drug-likeness (QED) is 0.712. The molecule has 0 fully saturated rings.